The van der Waals surface area contributed by atoms with Crippen molar-refractivity contribution in [2.45, 2.75) is 45.3 Å². The van der Waals surface area contributed by atoms with Gasteiger partial charge in [-0.1, -0.05) is 31.9 Å². The van der Waals surface area contributed by atoms with E-state index in [0.29, 0.717) is 11.6 Å². The van der Waals surface area contributed by atoms with Gasteiger partial charge in [-0.3, -0.25) is 4.79 Å². The number of carbonyl (C=O) groups excluding carboxylic acids is 1. The van der Waals surface area contributed by atoms with Gasteiger partial charge in [0.25, 0.3) is 0 Å². The van der Waals surface area contributed by atoms with Crippen molar-refractivity contribution < 1.29 is 14.6 Å². The van der Waals surface area contributed by atoms with Crippen LogP contribution in [0.1, 0.15) is 38.2 Å². The maximum atomic E-state index is 11.8. The first-order valence-electron chi connectivity index (χ1n) is 7.28. The molecule has 0 bridgehead atoms. The Labute approximate surface area is 120 Å². The highest BCUT2D eigenvalue weighted by Crippen LogP contribution is 2.25. The molecule has 4 heteroatoms. The summed E-state index contributed by atoms with van der Waals surface area (Å²) in [6.07, 6.45) is 4.77. The second-order valence-corrected chi connectivity index (χ2v) is 5.61. The van der Waals surface area contributed by atoms with Crippen LogP contribution in [-0.4, -0.2) is 23.7 Å². The van der Waals surface area contributed by atoms with Crippen molar-refractivity contribution in [2.75, 3.05) is 11.9 Å². The van der Waals surface area contributed by atoms with Crippen molar-refractivity contribution in [2.24, 2.45) is 5.92 Å². The minimum Gasteiger partial charge on any atom is -0.392 e. The zero-order valence-electron chi connectivity index (χ0n) is 12.0. The first kappa shape index (κ1) is 15.0. The molecule has 0 aromatic heterocycles. The first-order chi connectivity index (χ1) is 9.67. The van der Waals surface area contributed by atoms with Gasteiger partial charge in [-0.15, -0.1) is 0 Å². The predicted octanol–water partition coefficient (Wildman–Crippen LogP) is 2.71. The molecular formula is C16H23NO3. The van der Waals surface area contributed by atoms with Gasteiger partial charge >= 0.3 is 0 Å². The van der Waals surface area contributed by atoms with Gasteiger partial charge in [0, 0.05) is 5.69 Å². The van der Waals surface area contributed by atoms with Crippen LogP contribution in [0.2, 0.25) is 0 Å². The Morgan fingerprint density at radius 1 is 1.45 bits per heavy atom. The number of rotatable bonds is 5. The highest BCUT2D eigenvalue weighted by molar-refractivity contribution is 5.91. The van der Waals surface area contributed by atoms with Crippen molar-refractivity contribution in [3.8, 4) is 0 Å². The number of anilines is 1. The van der Waals surface area contributed by atoms with Crippen LogP contribution in [0.4, 0.5) is 5.69 Å². The number of ether oxygens (including phenoxy) is 1. The van der Waals surface area contributed by atoms with E-state index in [1.165, 1.54) is 12.8 Å². The van der Waals surface area contributed by atoms with Crippen molar-refractivity contribution in [1.29, 1.82) is 0 Å². The zero-order valence-corrected chi connectivity index (χ0v) is 12.0. The zero-order chi connectivity index (χ0) is 14.4. The second kappa shape index (κ2) is 7.41. The summed E-state index contributed by atoms with van der Waals surface area (Å²) in [5.41, 5.74) is 1.48. The summed E-state index contributed by atoms with van der Waals surface area (Å²) in [6.45, 7) is 2.30. The fraction of sp³-hybridized carbons (Fsp3) is 0.562. The Hall–Kier alpha value is -1.39. The fourth-order valence-corrected chi connectivity index (χ4v) is 2.67. The van der Waals surface area contributed by atoms with Crippen LogP contribution in [-0.2, 0) is 16.1 Å². The molecule has 0 unspecified atom stereocenters. The number of benzene rings is 1. The van der Waals surface area contributed by atoms with Crippen molar-refractivity contribution in [3.63, 3.8) is 0 Å². The molecule has 0 heterocycles. The molecule has 0 aliphatic heterocycles. The molecule has 2 N–H and O–H groups in total. The Kier molecular flexibility index (Phi) is 5.56. The van der Waals surface area contributed by atoms with Crippen LogP contribution in [0.15, 0.2) is 24.3 Å². The van der Waals surface area contributed by atoms with Crippen molar-refractivity contribution >= 4 is 11.6 Å². The number of hydrogen-bond acceptors (Lipinski definition) is 3. The molecule has 1 saturated carbocycles. The average Bonchev–Trinajstić information content (AvgIpc) is 2.45. The topological polar surface area (TPSA) is 58.6 Å². The minimum absolute atomic E-state index is 0.0276. The number of hydrogen-bond donors (Lipinski definition) is 2. The molecule has 1 amide bonds. The van der Waals surface area contributed by atoms with Crippen LogP contribution in [0.5, 0.6) is 0 Å². The lowest BCUT2D eigenvalue weighted by Gasteiger charge is -2.26. The van der Waals surface area contributed by atoms with Gasteiger partial charge in [0.15, 0.2) is 0 Å². The molecule has 1 fully saturated rings. The lowest BCUT2D eigenvalue weighted by molar-refractivity contribution is -0.123. The van der Waals surface area contributed by atoms with E-state index in [9.17, 15) is 4.79 Å². The van der Waals surface area contributed by atoms with Crippen LogP contribution < -0.4 is 5.32 Å². The standard InChI is InChI=1S/C16H23NO3/c1-12-4-2-7-15(8-12)20-11-16(19)17-14-6-3-5-13(9-14)10-18/h3,5-6,9,12,15,18H,2,4,7-8,10-11H2,1H3,(H,17,19)/t12-,15-/m0/s1. The van der Waals surface area contributed by atoms with Gasteiger partial charge in [0.1, 0.15) is 6.61 Å². The van der Waals surface area contributed by atoms with Gasteiger partial charge in [-0.05, 0) is 36.5 Å². The van der Waals surface area contributed by atoms with Crippen LogP contribution in [0.25, 0.3) is 0 Å². The fourth-order valence-electron chi connectivity index (χ4n) is 2.67. The van der Waals surface area contributed by atoms with E-state index in [-0.39, 0.29) is 25.2 Å². The lowest BCUT2D eigenvalue weighted by atomic mass is 9.89. The Morgan fingerprint density at radius 3 is 3.05 bits per heavy atom. The normalized spacial score (nSPS) is 22.5. The predicted molar refractivity (Wildman–Crippen MR) is 78.4 cm³/mol. The van der Waals surface area contributed by atoms with Crippen LogP contribution in [0, 0.1) is 5.92 Å². The van der Waals surface area contributed by atoms with E-state index >= 15 is 0 Å². The highest BCUT2D eigenvalue weighted by Gasteiger charge is 2.20. The van der Waals surface area contributed by atoms with Crippen LogP contribution >= 0.6 is 0 Å². The number of carbonyl (C=O) groups is 1. The van der Waals surface area contributed by atoms with E-state index in [0.717, 1.165) is 18.4 Å². The van der Waals surface area contributed by atoms with Gasteiger partial charge in [-0.25, -0.2) is 0 Å². The third-order valence-electron chi connectivity index (χ3n) is 3.73. The highest BCUT2D eigenvalue weighted by atomic mass is 16.5. The number of nitrogens with one attached hydrogen (secondary N) is 1. The summed E-state index contributed by atoms with van der Waals surface area (Å²) >= 11 is 0. The summed E-state index contributed by atoms with van der Waals surface area (Å²) in [7, 11) is 0. The number of amides is 1. The number of aliphatic hydroxyl groups is 1. The van der Waals surface area contributed by atoms with Crippen molar-refractivity contribution in [1.82, 2.24) is 0 Å². The second-order valence-electron chi connectivity index (χ2n) is 5.61. The minimum atomic E-state index is -0.140. The molecule has 0 saturated heterocycles. The molecule has 1 aromatic carbocycles. The molecule has 110 valence electrons. The molecule has 20 heavy (non-hydrogen) atoms. The van der Waals surface area contributed by atoms with E-state index in [2.05, 4.69) is 12.2 Å². The van der Waals surface area contributed by atoms with Crippen LogP contribution in [0.3, 0.4) is 0 Å². The average molecular weight is 277 g/mol. The van der Waals surface area contributed by atoms with E-state index < -0.39 is 0 Å². The molecule has 2 rings (SSSR count). The van der Waals surface area contributed by atoms with E-state index in [1.54, 1.807) is 12.1 Å². The number of aliphatic hydroxyl groups excluding tert-OH is 1. The molecule has 1 aliphatic carbocycles. The molecule has 4 nitrogen and oxygen atoms in total. The summed E-state index contributed by atoms with van der Waals surface area (Å²) in [5.74, 6) is 0.552. The monoisotopic (exact) mass is 277 g/mol. The first-order valence-corrected chi connectivity index (χ1v) is 7.28. The largest absolute Gasteiger partial charge is 0.392 e. The smallest absolute Gasteiger partial charge is 0.250 e. The van der Waals surface area contributed by atoms with E-state index in [1.807, 2.05) is 12.1 Å². The molecular weight excluding hydrogens is 254 g/mol. The lowest BCUT2D eigenvalue weighted by Crippen LogP contribution is -2.27. The van der Waals surface area contributed by atoms with Crippen molar-refractivity contribution in [3.05, 3.63) is 29.8 Å². The maximum Gasteiger partial charge on any atom is 0.250 e. The molecule has 1 aliphatic rings. The third-order valence-corrected chi connectivity index (χ3v) is 3.73. The van der Waals surface area contributed by atoms with Gasteiger partial charge in [0.05, 0.1) is 12.7 Å². The summed E-state index contributed by atoms with van der Waals surface area (Å²) in [5, 5.41) is 11.8. The summed E-state index contributed by atoms with van der Waals surface area (Å²) in [6, 6.07) is 7.20. The molecule has 0 radical (unpaired) electrons. The molecule has 0 spiro atoms. The van der Waals surface area contributed by atoms with E-state index in [4.69, 9.17) is 9.84 Å². The molecule has 1 aromatic rings. The van der Waals surface area contributed by atoms with Gasteiger partial charge in [0.2, 0.25) is 5.91 Å². The SMILES string of the molecule is C[C@H]1CCC[C@H](OCC(=O)Nc2cccc(CO)c2)C1. The van der Waals surface area contributed by atoms with Gasteiger partial charge in [-0.2, -0.15) is 0 Å². The Bertz CT molecular complexity index is 447. The quantitative estimate of drug-likeness (QED) is 0.870. The summed E-state index contributed by atoms with van der Waals surface area (Å²) in [4.78, 5) is 11.8. The molecule has 2 atom stereocenters. The third kappa shape index (κ3) is 4.62. The Balaban J connectivity index is 1.77. The summed E-state index contributed by atoms with van der Waals surface area (Å²) < 4.78 is 5.68. The van der Waals surface area contributed by atoms with Gasteiger partial charge < -0.3 is 15.2 Å². The maximum absolute atomic E-state index is 11.8. The Morgan fingerprint density at radius 2 is 2.30 bits per heavy atom.